The summed E-state index contributed by atoms with van der Waals surface area (Å²) >= 11 is 0.920. The number of methoxy groups -OCH3 is 1. The fraction of sp³-hybridized carbons (Fsp3) is 0.476. The largest absolute Gasteiger partial charge is 0.497 e. The van der Waals surface area contributed by atoms with E-state index in [9.17, 15) is 18.0 Å². The van der Waals surface area contributed by atoms with Crippen LogP contribution in [-0.2, 0) is 11.0 Å². The van der Waals surface area contributed by atoms with Crippen molar-refractivity contribution in [2.45, 2.75) is 43.1 Å². The molecule has 2 aliphatic carbocycles. The van der Waals surface area contributed by atoms with Gasteiger partial charge in [-0.1, -0.05) is 18.2 Å². The standard InChI is InChI=1S/C21H22F3N3O2S/c1-29-15-6-4-13(5-7-15)17-10-18(21(22,23)24)27-20(26-17)30-11-19(28)25-16-9-12-2-3-14(16)8-12/h4-7,10,12,14,16H,2-3,8-9,11H2,1H3,(H,25,28)/t12-,14-,16+/m0/s1. The zero-order valence-electron chi connectivity index (χ0n) is 16.4. The minimum atomic E-state index is -4.61. The molecule has 1 amide bonds. The number of benzene rings is 1. The SMILES string of the molecule is COc1ccc(-c2cc(C(F)(F)F)nc(SCC(=O)N[C@@H]3C[C@H]4CC[C@H]3C4)n2)cc1. The zero-order valence-corrected chi connectivity index (χ0v) is 17.2. The fourth-order valence-corrected chi connectivity index (χ4v) is 5.01. The van der Waals surface area contributed by atoms with Gasteiger partial charge in [0.05, 0.1) is 18.6 Å². The predicted octanol–water partition coefficient (Wildman–Crippen LogP) is 4.57. The average Bonchev–Trinajstić information content (AvgIpc) is 3.35. The quantitative estimate of drug-likeness (QED) is 0.530. The lowest BCUT2D eigenvalue weighted by atomic mass is 9.95. The Labute approximate surface area is 176 Å². The van der Waals surface area contributed by atoms with Crippen molar-refractivity contribution >= 4 is 17.7 Å². The summed E-state index contributed by atoms with van der Waals surface area (Å²) in [6, 6.07) is 7.69. The third-order valence-corrected chi connectivity index (χ3v) is 6.65. The van der Waals surface area contributed by atoms with Crippen molar-refractivity contribution in [1.82, 2.24) is 15.3 Å². The molecule has 1 aromatic carbocycles. The van der Waals surface area contributed by atoms with Crippen LogP contribution in [0.15, 0.2) is 35.5 Å². The molecule has 0 radical (unpaired) electrons. The number of carbonyl (C=O) groups excluding carboxylic acids is 1. The fourth-order valence-electron chi connectivity index (χ4n) is 4.34. The molecule has 160 valence electrons. The first-order chi connectivity index (χ1) is 14.3. The third kappa shape index (κ3) is 4.71. The van der Waals surface area contributed by atoms with Crippen LogP contribution in [0.1, 0.15) is 31.4 Å². The first kappa shape index (κ1) is 21.0. The molecule has 2 fully saturated rings. The van der Waals surface area contributed by atoms with Gasteiger partial charge in [-0.3, -0.25) is 4.79 Å². The molecule has 4 rings (SSSR count). The van der Waals surface area contributed by atoms with Gasteiger partial charge >= 0.3 is 6.18 Å². The topological polar surface area (TPSA) is 64.1 Å². The van der Waals surface area contributed by atoms with Crippen LogP contribution in [0.2, 0.25) is 0 Å². The highest BCUT2D eigenvalue weighted by Gasteiger charge is 2.40. The lowest BCUT2D eigenvalue weighted by Crippen LogP contribution is -2.39. The first-order valence-corrected chi connectivity index (χ1v) is 10.8. The van der Waals surface area contributed by atoms with E-state index in [1.807, 2.05) is 0 Å². The minimum absolute atomic E-state index is 0.0166. The van der Waals surface area contributed by atoms with E-state index in [1.165, 1.54) is 20.0 Å². The monoisotopic (exact) mass is 437 g/mol. The van der Waals surface area contributed by atoms with Crippen LogP contribution in [-0.4, -0.2) is 34.8 Å². The number of nitrogens with zero attached hydrogens (tertiary/aromatic N) is 2. The van der Waals surface area contributed by atoms with Crippen molar-refractivity contribution in [3.8, 4) is 17.0 Å². The molecule has 0 unspecified atom stereocenters. The Hall–Kier alpha value is -2.29. The van der Waals surface area contributed by atoms with Gasteiger partial charge in [0.1, 0.15) is 11.4 Å². The van der Waals surface area contributed by atoms with Crippen LogP contribution in [0.5, 0.6) is 5.75 Å². The highest BCUT2D eigenvalue weighted by Crippen LogP contribution is 2.44. The summed E-state index contributed by atoms with van der Waals surface area (Å²) in [5.74, 6) is 1.62. The number of nitrogens with one attached hydrogen (secondary N) is 1. The summed E-state index contributed by atoms with van der Waals surface area (Å²) in [6.45, 7) is 0. The maximum atomic E-state index is 13.3. The van der Waals surface area contributed by atoms with E-state index in [2.05, 4.69) is 15.3 Å². The number of ether oxygens (including phenoxy) is 1. The van der Waals surface area contributed by atoms with E-state index in [0.717, 1.165) is 30.7 Å². The Morgan fingerprint density at radius 3 is 2.57 bits per heavy atom. The summed E-state index contributed by atoms with van der Waals surface area (Å²) in [5, 5.41) is 2.96. The molecule has 1 N–H and O–H groups in total. The highest BCUT2D eigenvalue weighted by molar-refractivity contribution is 7.99. The maximum Gasteiger partial charge on any atom is 0.433 e. The molecule has 9 heteroatoms. The molecule has 2 bridgehead atoms. The zero-order chi connectivity index (χ0) is 21.3. The molecule has 0 saturated heterocycles. The summed E-state index contributed by atoms with van der Waals surface area (Å²) in [6.07, 6.45) is -0.0592. The summed E-state index contributed by atoms with van der Waals surface area (Å²) in [7, 11) is 1.51. The number of alkyl halides is 3. The van der Waals surface area contributed by atoms with Gasteiger partial charge in [-0.05, 0) is 61.4 Å². The van der Waals surface area contributed by atoms with E-state index in [0.29, 0.717) is 23.1 Å². The molecule has 2 aromatic rings. The van der Waals surface area contributed by atoms with Gasteiger partial charge in [0.25, 0.3) is 0 Å². The van der Waals surface area contributed by atoms with Crippen molar-refractivity contribution in [1.29, 1.82) is 0 Å². The molecular weight excluding hydrogens is 415 g/mol. The Morgan fingerprint density at radius 2 is 1.97 bits per heavy atom. The summed E-state index contributed by atoms with van der Waals surface area (Å²) in [5.41, 5.74) is -0.368. The van der Waals surface area contributed by atoms with Gasteiger partial charge in [0, 0.05) is 11.6 Å². The highest BCUT2D eigenvalue weighted by atomic mass is 32.2. The Kier molecular flexibility index (Phi) is 5.90. The van der Waals surface area contributed by atoms with E-state index >= 15 is 0 Å². The van der Waals surface area contributed by atoms with Crippen LogP contribution in [0.4, 0.5) is 13.2 Å². The number of thioether (sulfide) groups is 1. The lowest BCUT2D eigenvalue weighted by molar-refractivity contribution is -0.141. The molecule has 1 aromatic heterocycles. The summed E-state index contributed by atoms with van der Waals surface area (Å²) in [4.78, 5) is 20.2. The molecule has 2 saturated carbocycles. The predicted molar refractivity (Wildman–Crippen MR) is 107 cm³/mol. The van der Waals surface area contributed by atoms with Gasteiger partial charge in [-0.15, -0.1) is 0 Å². The van der Waals surface area contributed by atoms with Crippen molar-refractivity contribution in [2.24, 2.45) is 11.8 Å². The Balaban J connectivity index is 1.48. The molecule has 5 nitrogen and oxygen atoms in total. The number of hydrogen-bond acceptors (Lipinski definition) is 5. The molecular formula is C21H22F3N3O2S. The Bertz CT molecular complexity index is 921. The van der Waals surface area contributed by atoms with Gasteiger partial charge in [-0.25, -0.2) is 9.97 Å². The van der Waals surface area contributed by atoms with E-state index in [4.69, 9.17) is 4.74 Å². The molecule has 30 heavy (non-hydrogen) atoms. The molecule has 3 atom stereocenters. The molecule has 0 aliphatic heterocycles. The molecule has 2 aliphatic rings. The number of aromatic nitrogens is 2. The van der Waals surface area contributed by atoms with Gasteiger partial charge in [-0.2, -0.15) is 13.2 Å². The number of fused-ring (bicyclic) bond motifs is 2. The summed E-state index contributed by atoms with van der Waals surface area (Å²) < 4.78 is 45.1. The second kappa shape index (κ2) is 8.45. The van der Waals surface area contributed by atoms with Gasteiger partial charge in [0.2, 0.25) is 5.91 Å². The minimum Gasteiger partial charge on any atom is -0.497 e. The normalized spacial score (nSPS) is 22.9. The van der Waals surface area contributed by atoms with Crippen molar-refractivity contribution in [3.63, 3.8) is 0 Å². The maximum absolute atomic E-state index is 13.3. The third-order valence-electron chi connectivity index (χ3n) is 5.80. The number of rotatable bonds is 6. The second-order valence-electron chi connectivity index (χ2n) is 7.78. The smallest absolute Gasteiger partial charge is 0.433 e. The molecule has 0 spiro atoms. The Morgan fingerprint density at radius 1 is 1.20 bits per heavy atom. The van der Waals surface area contributed by atoms with Crippen LogP contribution < -0.4 is 10.1 Å². The second-order valence-corrected chi connectivity index (χ2v) is 8.73. The molecule has 1 heterocycles. The van der Waals surface area contributed by atoms with E-state index in [-0.39, 0.29) is 28.6 Å². The van der Waals surface area contributed by atoms with Crippen LogP contribution in [0, 0.1) is 11.8 Å². The number of carbonyl (C=O) groups is 1. The number of hydrogen-bond donors (Lipinski definition) is 1. The van der Waals surface area contributed by atoms with Crippen LogP contribution in [0.25, 0.3) is 11.3 Å². The van der Waals surface area contributed by atoms with Gasteiger partial charge < -0.3 is 10.1 Å². The van der Waals surface area contributed by atoms with Crippen LogP contribution >= 0.6 is 11.8 Å². The van der Waals surface area contributed by atoms with E-state index < -0.39 is 11.9 Å². The van der Waals surface area contributed by atoms with Gasteiger partial charge in [0.15, 0.2) is 5.16 Å². The number of halogens is 3. The van der Waals surface area contributed by atoms with Crippen molar-refractivity contribution in [3.05, 3.63) is 36.0 Å². The van der Waals surface area contributed by atoms with E-state index in [1.54, 1.807) is 24.3 Å². The van der Waals surface area contributed by atoms with Crippen LogP contribution in [0.3, 0.4) is 0 Å². The van der Waals surface area contributed by atoms with Crippen molar-refractivity contribution in [2.75, 3.05) is 12.9 Å². The van der Waals surface area contributed by atoms with Crippen molar-refractivity contribution < 1.29 is 22.7 Å². The first-order valence-electron chi connectivity index (χ1n) is 9.84. The number of amides is 1. The lowest BCUT2D eigenvalue weighted by Gasteiger charge is -2.22. The average molecular weight is 437 g/mol.